The van der Waals surface area contributed by atoms with E-state index in [1.807, 2.05) is 18.2 Å². The highest BCUT2D eigenvalue weighted by molar-refractivity contribution is 5.77. The summed E-state index contributed by atoms with van der Waals surface area (Å²) >= 11 is 0. The quantitative estimate of drug-likeness (QED) is 0.762. The number of anilines is 1. The highest BCUT2D eigenvalue weighted by Crippen LogP contribution is 2.27. The Hall–Kier alpha value is -2.43. The molecule has 0 unspecified atom stereocenters. The van der Waals surface area contributed by atoms with Crippen LogP contribution in [-0.4, -0.2) is 19.5 Å². The molecule has 0 aliphatic carbocycles. The van der Waals surface area contributed by atoms with E-state index in [1.165, 1.54) is 0 Å². The molecule has 5 nitrogen and oxygen atoms in total. The van der Waals surface area contributed by atoms with Gasteiger partial charge in [0.05, 0.1) is 5.69 Å². The normalized spacial score (nSPS) is 11.3. The SMILES string of the molecule is CC(C)n1c(-c2cncc(N)c2)nc2cccnc21. The molecule has 0 aromatic carbocycles. The van der Waals surface area contributed by atoms with Gasteiger partial charge in [-0.15, -0.1) is 0 Å². The zero-order chi connectivity index (χ0) is 13.4. The molecule has 3 heterocycles. The largest absolute Gasteiger partial charge is 0.397 e. The number of nitrogen functional groups attached to an aromatic ring is 1. The standard InChI is InChI=1S/C14H15N5/c1-9(2)19-13(10-6-11(15)8-16-7-10)18-12-4-3-5-17-14(12)19/h3-9H,15H2,1-2H3. The second-order valence-electron chi connectivity index (χ2n) is 4.75. The first-order valence-electron chi connectivity index (χ1n) is 6.20. The van der Waals surface area contributed by atoms with Crippen LogP contribution in [0.1, 0.15) is 19.9 Å². The van der Waals surface area contributed by atoms with Crippen LogP contribution in [0, 0.1) is 0 Å². The minimum Gasteiger partial charge on any atom is -0.397 e. The van der Waals surface area contributed by atoms with Crippen molar-refractivity contribution in [1.82, 2.24) is 19.5 Å². The molecule has 0 atom stereocenters. The van der Waals surface area contributed by atoms with Crippen molar-refractivity contribution >= 4 is 16.9 Å². The van der Waals surface area contributed by atoms with Crippen molar-refractivity contribution < 1.29 is 0 Å². The highest BCUT2D eigenvalue weighted by atomic mass is 15.1. The van der Waals surface area contributed by atoms with Gasteiger partial charge in [0.2, 0.25) is 0 Å². The number of aromatic nitrogens is 4. The molecule has 3 aromatic rings. The molecule has 0 aliphatic rings. The van der Waals surface area contributed by atoms with Crippen molar-refractivity contribution in [3.63, 3.8) is 0 Å². The maximum atomic E-state index is 5.80. The van der Waals surface area contributed by atoms with Crippen molar-refractivity contribution in [2.75, 3.05) is 5.73 Å². The lowest BCUT2D eigenvalue weighted by Crippen LogP contribution is -2.04. The molecule has 0 spiro atoms. The van der Waals surface area contributed by atoms with Gasteiger partial charge in [0, 0.05) is 30.2 Å². The van der Waals surface area contributed by atoms with E-state index >= 15 is 0 Å². The minimum atomic E-state index is 0.260. The minimum absolute atomic E-state index is 0.260. The summed E-state index contributed by atoms with van der Waals surface area (Å²) in [7, 11) is 0. The van der Waals surface area contributed by atoms with E-state index in [1.54, 1.807) is 18.6 Å². The molecule has 0 amide bonds. The summed E-state index contributed by atoms with van der Waals surface area (Å²) in [5, 5.41) is 0. The predicted octanol–water partition coefficient (Wildman–Crippen LogP) is 2.66. The molecular weight excluding hydrogens is 238 g/mol. The van der Waals surface area contributed by atoms with E-state index in [2.05, 4.69) is 33.4 Å². The molecule has 0 radical (unpaired) electrons. The summed E-state index contributed by atoms with van der Waals surface area (Å²) in [6.45, 7) is 4.22. The van der Waals surface area contributed by atoms with Crippen molar-refractivity contribution in [3.05, 3.63) is 36.8 Å². The summed E-state index contributed by atoms with van der Waals surface area (Å²) in [6.07, 6.45) is 5.19. The maximum absolute atomic E-state index is 5.80. The Morgan fingerprint density at radius 1 is 1.26 bits per heavy atom. The van der Waals surface area contributed by atoms with Gasteiger partial charge in [-0.05, 0) is 32.0 Å². The average Bonchev–Trinajstić information content (AvgIpc) is 2.78. The van der Waals surface area contributed by atoms with Gasteiger partial charge < -0.3 is 10.3 Å². The van der Waals surface area contributed by atoms with Gasteiger partial charge in [0.15, 0.2) is 5.65 Å². The molecule has 0 aliphatic heterocycles. The topological polar surface area (TPSA) is 69.6 Å². The third kappa shape index (κ3) is 1.93. The molecule has 0 saturated carbocycles. The molecular formula is C14H15N5. The third-order valence-corrected chi connectivity index (χ3v) is 2.98. The van der Waals surface area contributed by atoms with Crippen molar-refractivity contribution in [2.24, 2.45) is 0 Å². The fourth-order valence-corrected chi connectivity index (χ4v) is 2.20. The zero-order valence-electron chi connectivity index (χ0n) is 10.9. The van der Waals surface area contributed by atoms with E-state index in [0.29, 0.717) is 5.69 Å². The summed E-state index contributed by atoms with van der Waals surface area (Å²) in [5.74, 6) is 0.850. The zero-order valence-corrected chi connectivity index (χ0v) is 10.9. The number of rotatable bonds is 2. The fraction of sp³-hybridized carbons (Fsp3) is 0.214. The highest BCUT2D eigenvalue weighted by Gasteiger charge is 2.15. The van der Waals surface area contributed by atoms with E-state index in [-0.39, 0.29) is 6.04 Å². The van der Waals surface area contributed by atoms with Gasteiger partial charge in [0.1, 0.15) is 11.3 Å². The van der Waals surface area contributed by atoms with E-state index < -0.39 is 0 Å². The lowest BCUT2D eigenvalue weighted by atomic mass is 10.2. The van der Waals surface area contributed by atoms with Gasteiger partial charge in [-0.2, -0.15) is 0 Å². The van der Waals surface area contributed by atoms with Crippen molar-refractivity contribution in [2.45, 2.75) is 19.9 Å². The Kier molecular flexibility index (Phi) is 2.67. The number of imidazole rings is 1. The van der Waals surface area contributed by atoms with Crippen LogP contribution in [0.15, 0.2) is 36.8 Å². The van der Waals surface area contributed by atoms with Crippen LogP contribution in [0.25, 0.3) is 22.6 Å². The van der Waals surface area contributed by atoms with Gasteiger partial charge in [0.25, 0.3) is 0 Å². The van der Waals surface area contributed by atoms with E-state index in [9.17, 15) is 0 Å². The summed E-state index contributed by atoms with van der Waals surface area (Å²) < 4.78 is 2.10. The lowest BCUT2D eigenvalue weighted by Gasteiger charge is -2.12. The first kappa shape index (κ1) is 11.6. The van der Waals surface area contributed by atoms with E-state index in [4.69, 9.17) is 5.73 Å². The molecule has 0 saturated heterocycles. The number of pyridine rings is 2. The number of fused-ring (bicyclic) bond motifs is 1. The Morgan fingerprint density at radius 2 is 2.11 bits per heavy atom. The Labute approximate surface area is 111 Å². The smallest absolute Gasteiger partial charge is 0.160 e. The van der Waals surface area contributed by atoms with Gasteiger partial charge in [-0.3, -0.25) is 4.98 Å². The monoisotopic (exact) mass is 253 g/mol. The summed E-state index contributed by atoms with van der Waals surface area (Å²) in [4.78, 5) is 13.2. The summed E-state index contributed by atoms with van der Waals surface area (Å²) in [6, 6.07) is 6.00. The summed E-state index contributed by atoms with van der Waals surface area (Å²) in [5.41, 5.74) is 9.11. The number of nitrogens with two attached hydrogens (primary N) is 1. The first-order valence-corrected chi connectivity index (χ1v) is 6.20. The van der Waals surface area contributed by atoms with E-state index in [0.717, 1.165) is 22.6 Å². The number of nitrogens with zero attached hydrogens (tertiary/aromatic N) is 4. The van der Waals surface area contributed by atoms with Gasteiger partial charge in [-0.25, -0.2) is 9.97 Å². The predicted molar refractivity (Wildman–Crippen MR) is 75.6 cm³/mol. The first-order chi connectivity index (χ1) is 9.16. The van der Waals surface area contributed by atoms with Crippen LogP contribution < -0.4 is 5.73 Å². The molecule has 2 N–H and O–H groups in total. The average molecular weight is 253 g/mol. The Bertz CT molecular complexity index is 730. The van der Waals surface area contributed by atoms with Crippen molar-refractivity contribution in [3.8, 4) is 11.4 Å². The maximum Gasteiger partial charge on any atom is 0.160 e. The van der Waals surface area contributed by atoms with Gasteiger partial charge in [-0.1, -0.05) is 0 Å². The van der Waals surface area contributed by atoms with Crippen LogP contribution in [-0.2, 0) is 0 Å². The van der Waals surface area contributed by atoms with Crippen LogP contribution >= 0.6 is 0 Å². The van der Waals surface area contributed by atoms with Crippen LogP contribution in [0.2, 0.25) is 0 Å². The van der Waals surface area contributed by atoms with Crippen molar-refractivity contribution in [1.29, 1.82) is 0 Å². The molecule has 3 rings (SSSR count). The molecule has 3 aromatic heterocycles. The molecule has 19 heavy (non-hydrogen) atoms. The second-order valence-corrected chi connectivity index (χ2v) is 4.75. The molecule has 96 valence electrons. The fourth-order valence-electron chi connectivity index (χ4n) is 2.20. The lowest BCUT2D eigenvalue weighted by molar-refractivity contribution is 0.619. The van der Waals surface area contributed by atoms with Crippen LogP contribution in [0.3, 0.4) is 0 Å². The van der Waals surface area contributed by atoms with Crippen LogP contribution in [0.4, 0.5) is 5.69 Å². The molecule has 0 fully saturated rings. The Balaban J connectivity index is 2.31. The molecule has 5 heteroatoms. The Morgan fingerprint density at radius 3 is 2.84 bits per heavy atom. The molecule has 0 bridgehead atoms. The van der Waals surface area contributed by atoms with Gasteiger partial charge >= 0.3 is 0 Å². The second kappa shape index (κ2) is 4.35. The number of hydrogen-bond donors (Lipinski definition) is 1. The van der Waals surface area contributed by atoms with Crippen LogP contribution in [0.5, 0.6) is 0 Å². The third-order valence-electron chi connectivity index (χ3n) is 2.98. The number of hydrogen-bond acceptors (Lipinski definition) is 4.